The highest BCUT2D eigenvalue weighted by atomic mass is 35.5. The molecule has 1 N–H and O–H groups in total. The fourth-order valence-corrected chi connectivity index (χ4v) is 1.94. The van der Waals surface area contributed by atoms with Crippen LogP contribution in [-0.4, -0.2) is 74.6 Å². The highest BCUT2D eigenvalue weighted by Gasteiger charge is 2.23. The lowest BCUT2D eigenvalue weighted by Crippen LogP contribution is -2.45. The van der Waals surface area contributed by atoms with E-state index in [0.29, 0.717) is 26.1 Å². The normalized spacial score (nSPS) is 18.1. The number of rotatable bonds is 6. The van der Waals surface area contributed by atoms with Crippen molar-refractivity contribution < 1.29 is 14.3 Å². The van der Waals surface area contributed by atoms with E-state index in [1.54, 1.807) is 19.0 Å². The molecular weight excluding hydrogens is 282 g/mol. The van der Waals surface area contributed by atoms with Crippen LogP contribution in [0.3, 0.4) is 0 Å². The fourth-order valence-electron chi connectivity index (χ4n) is 1.94. The molecule has 1 heterocycles. The lowest BCUT2D eigenvalue weighted by atomic mass is 10.2. The summed E-state index contributed by atoms with van der Waals surface area (Å²) in [6.07, 6.45) is 1.11. The first-order chi connectivity index (χ1) is 9.04. The molecule has 7 heteroatoms. The summed E-state index contributed by atoms with van der Waals surface area (Å²) < 4.78 is 5.52. The maximum absolute atomic E-state index is 12.2. The SMILES string of the molecule is CCCN(CC(=O)N(C)C)C(=O)CC1CNCCO1.Cl. The number of ether oxygens (including phenoxy) is 1. The Labute approximate surface area is 127 Å². The van der Waals surface area contributed by atoms with Crippen LogP contribution in [0.15, 0.2) is 0 Å². The van der Waals surface area contributed by atoms with E-state index in [9.17, 15) is 9.59 Å². The van der Waals surface area contributed by atoms with Gasteiger partial charge in [-0.2, -0.15) is 0 Å². The Bertz CT molecular complexity index is 307. The van der Waals surface area contributed by atoms with Crippen LogP contribution in [-0.2, 0) is 14.3 Å². The predicted molar refractivity (Wildman–Crippen MR) is 80.0 cm³/mol. The van der Waals surface area contributed by atoms with Gasteiger partial charge in [0.25, 0.3) is 0 Å². The van der Waals surface area contributed by atoms with Crippen LogP contribution in [0.5, 0.6) is 0 Å². The number of morpholine rings is 1. The Kier molecular flexibility index (Phi) is 9.54. The van der Waals surface area contributed by atoms with E-state index in [0.717, 1.165) is 13.0 Å². The largest absolute Gasteiger partial charge is 0.375 e. The molecule has 1 unspecified atom stereocenters. The summed E-state index contributed by atoms with van der Waals surface area (Å²) in [5, 5.41) is 3.20. The van der Waals surface area contributed by atoms with Crippen LogP contribution in [0.1, 0.15) is 19.8 Å². The van der Waals surface area contributed by atoms with Crippen molar-refractivity contribution >= 4 is 24.2 Å². The number of nitrogens with one attached hydrogen (secondary N) is 1. The molecule has 1 atom stereocenters. The molecule has 118 valence electrons. The second-order valence-corrected chi connectivity index (χ2v) is 5.00. The molecule has 1 rings (SSSR count). The molecule has 0 saturated carbocycles. The number of likely N-dealkylation sites (N-methyl/N-ethyl adjacent to an activating group) is 1. The molecule has 0 radical (unpaired) electrons. The van der Waals surface area contributed by atoms with Crippen molar-refractivity contribution in [1.29, 1.82) is 0 Å². The van der Waals surface area contributed by atoms with Gasteiger partial charge in [-0.1, -0.05) is 6.92 Å². The zero-order chi connectivity index (χ0) is 14.3. The molecule has 0 aliphatic carbocycles. The van der Waals surface area contributed by atoms with Crippen molar-refractivity contribution in [3.05, 3.63) is 0 Å². The van der Waals surface area contributed by atoms with Crippen molar-refractivity contribution in [3.63, 3.8) is 0 Å². The molecule has 1 saturated heterocycles. The fraction of sp³-hybridized carbons (Fsp3) is 0.846. The van der Waals surface area contributed by atoms with Crippen molar-refractivity contribution in [2.75, 3.05) is 46.9 Å². The number of amides is 2. The summed E-state index contributed by atoms with van der Waals surface area (Å²) in [5.41, 5.74) is 0. The molecule has 1 aliphatic rings. The molecule has 0 aromatic heterocycles. The van der Waals surface area contributed by atoms with E-state index in [1.165, 1.54) is 4.90 Å². The summed E-state index contributed by atoms with van der Waals surface area (Å²) in [6.45, 7) is 4.94. The first-order valence-electron chi connectivity index (χ1n) is 6.84. The van der Waals surface area contributed by atoms with E-state index in [-0.39, 0.29) is 36.9 Å². The number of carbonyl (C=O) groups excluding carboxylic acids is 2. The topological polar surface area (TPSA) is 61.9 Å². The van der Waals surface area contributed by atoms with E-state index < -0.39 is 0 Å². The summed E-state index contributed by atoms with van der Waals surface area (Å²) in [5.74, 6) is -0.0600. The van der Waals surface area contributed by atoms with E-state index in [2.05, 4.69) is 5.32 Å². The van der Waals surface area contributed by atoms with Crippen LogP contribution in [0, 0.1) is 0 Å². The average molecular weight is 308 g/mol. The summed E-state index contributed by atoms with van der Waals surface area (Å²) >= 11 is 0. The van der Waals surface area contributed by atoms with E-state index in [1.807, 2.05) is 6.92 Å². The Morgan fingerprint density at radius 3 is 2.50 bits per heavy atom. The van der Waals surface area contributed by atoms with Crippen LogP contribution in [0.2, 0.25) is 0 Å². The quantitative estimate of drug-likeness (QED) is 0.757. The Morgan fingerprint density at radius 2 is 2.00 bits per heavy atom. The zero-order valence-corrected chi connectivity index (χ0v) is 13.4. The summed E-state index contributed by atoms with van der Waals surface area (Å²) in [7, 11) is 3.40. The predicted octanol–water partition coefficient (Wildman–Crippen LogP) is 0.114. The molecule has 0 spiro atoms. The minimum atomic E-state index is -0.0740. The Morgan fingerprint density at radius 1 is 1.30 bits per heavy atom. The molecular formula is C13H26ClN3O3. The lowest BCUT2D eigenvalue weighted by molar-refractivity contribution is -0.141. The van der Waals surface area contributed by atoms with Crippen molar-refractivity contribution in [2.45, 2.75) is 25.9 Å². The van der Waals surface area contributed by atoms with E-state index >= 15 is 0 Å². The minimum absolute atomic E-state index is 0. The molecule has 0 aromatic carbocycles. The molecule has 20 heavy (non-hydrogen) atoms. The number of nitrogens with zero attached hydrogens (tertiary/aromatic N) is 2. The maximum Gasteiger partial charge on any atom is 0.241 e. The molecule has 0 aromatic rings. The highest BCUT2D eigenvalue weighted by Crippen LogP contribution is 2.06. The van der Waals surface area contributed by atoms with Gasteiger partial charge < -0.3 is 19.9 Å². The van der Waals surface area contributed by atoms with Gasteiger partial charge in [0.15, 0.2) is 0 Å². The monoisotopic (exact) mass is 307 g/mol. The van der Waals surface area contributed by atoms with Gasteiger partial charge in [0.2, 0.25) is 11.8 Å². The summed E-state index contributed by atoms with van der Waals surface area (Å²) in [6, 6.07) is 0. The molecule has 2 amide bonds. The summed E-state index contributed by atoms with van der Waals surface area (Å²) in [4.78, 5) is 27.1. The minimum Gasteiger partial charge on any atom is -0.375 e. The van der Waals surface area contributed by atoms with Crippen LogP contribution < -0.4 is 5.32 Å². The standard InChI is InChI=1S/C13H25N3O3.ClH/c1-4-6-16(10-13(18)15(2)3)12(17)8-11-9-14-5-7-19-11;/h11,14H,4-10H2,1-3H3;1H. The van der Waals surface area contributed by atoms with Gasteiger partial charge >= 0.3 is 0 Å². The molecule has 6 nitrogen and oxygen atoms in total. The number of carbonyl (C=O) groups is 2. The smallest absolute Gasteiger partial charge is 0.241 e. The maximum atomic E-state index is 12.2. The zero-order valence-electron chi connectivity index (χ0n) is 12.6. The second kappa shape index (κ2) is 9.96. The Balaban J connectivity index is 0.00000361. The first-order valence-corrected chi connectivity index (χ1v) is 6.84. The Hall–Kier alpha value is -0.850. The van der Waals surface area contributed by atoms with Crippen LogP contribution in [0.25, 0.3) is 0 Å². The number of hydrogen-bond acceptors (Lipinski definition) is 4. The van der Waals surface area contributed by atoms with Gasteiger partial charge in [0.05, 0.1) is 25.7 Å². The lowest BCUT2D eigenvalue weighted by Gasteiger charge is -2.27. The highest BCUT2D eigenvalue weighted by molar-refractivity contribution is 5.85. The van der Waals surface area contributed by atoms with Crippen molar-refractivity contribution in [3.8, 4) is 0 Å². The van der Waals surface area contributed by atoms with Crippen molar-refractivity contribution in [1.82, 2.24) is 15.1 Å². The van der Waals surface area contributed by atoms with Crippen molar-refractivity contribution in [2.24, 2.45) is 0 Å². The van der Waals surface area contributed by atoms with Crippen LogP contribution in [0.4, 0.5) is 0 Å². The average Bonchev–Trinajstić information content (AvgIpc) is 2.39. The third-order valence-corrected chi connectivity index (χ3v) is 3.08. The molecule has 1 fully saturated rings. The molecule has 1 aliphatic heterocycles. The van der Waals surface area contributed by atoms with Gasteiger partial charge in [-0.25, -0.2) is 0 Å². The van der Waals surface area contributed by atoms with Gasteiger partial charge in [-0.05, 0) is 6.42 Å². The number of hydrogen-bond donors (Lipinski definition) is 1. The second-order valence-electron chi connectivity index (χ2n) is 5.00. The third-order valence-electron chi connectivity index (χ3n) is 3.08. The van der Waals surface area contributed by atoms with Gasteiger partial charge in [0, 0.05) is 33.7 Å². The molecule has 0 bridgehead atoms. The van der Waals surface area contributed by atoms with Gasteiger partial charge in [-0.15, -0.1) is 12.4 Å². The van der Waals surface area contributed by atoms with Gasteiger partial charge in [0.1, 0.15) is 0 Å². The van der Waals surface area contributed by atoms with Crippen LogP contribution >= 0.6 is 12.4 Å². The van der Waals surface area contributed by atoms with Gasteiger partial charge in [-0.3, -0.25) is 9.59 Å². The van der Waals surface area contributed by atoms with E-state index in [4.69, 9.17) is 4.74 Å². The number of halogens is 1. The third kappa shape index (κ3) is 6.54. The first kappa shape index (κ1) is 19.1.